The van der Waals surface area contributed by atoms with Gasteiger partial charge in [-0.2, -0.15) is 5.10 Å². The lowest BCUT2D eigenvalue weighted by molar-refractivity contribution is 0.812. The van der Waals surface area contributed by atoms with Gasteiger partial charge in [-0.15, -0.1) is 0 Å². The average Bonchev–Trinajstić information content (AvgIpc) is 3.09. The van der Waals surface area contributed by atoms with Gasteiger partial charge in [0.15, 0.2) is 0 Å². The third-order valence-electron chi connectivity index (χ3n) is 3.96. The molecule has 0 amide bonds. The van der Waals surface area contributed by atoms with Gasteiger partial charge in [0.25, 0.3) is 0 Å². The Hall–Kier alpha value is -1.81. The van der Waals surface area contributed by atoms with Crippen LogP contribution in [0.15, 0.2) is 30.3 Å². The van der Waals surface area contributed by atoms with Crippen molar-refractivity contribution in [2.24, 2.45) is 5.73 Å². The van der Waals surface area contributed by atoms with Gasteiger partial charge in [-0.05, 0) is 44.9 Å². The van der Waals surface area contributed by atoms with Crippen LogP contribution >= 0.6 is 0 Å². The molecule has 0 bridgehead atoms. The van der Waals surface area contributed by atoms with E-state index in [-0.39, 0.29) is 0 Å². The molecule has 4 heteroatoms. The highest BCUT2D eigenvalue weighted by Gasteiger charge is 2.23. The van der Waals surface area contributed by atoms with Crippen molar-refractivity contribution < 1.29 is 0 Å². The summed E-state index contributed by atoms with van der Waals surface area (Å²) in [7, 11) is 0. The number of rotatable bonds is 4. The summed E-state index contributed by atoms with van der Waals surface area (Å²) >= 11 is 0. The van der Waals surface area contributed by atoms with Crippen LogP contribution in [0, 0.1) is 6.92 Å². The summed E-state index contributed by atoms with van der Waals surface area (Å²) in [5, 5.41) is 4.76. The van der Waals surface area contributed by atoms with Gasteiger partial charge < -0.3 is 10.6 Å². The van der Waals surface area contributed by atoms with E-state index in [1.165, 1.54) is 24.2 Å². The molecule has 0 spiro atoms. The normalized spacial score (nSPS) is 15.0. The Kier molecular flexibility index (Phi) is 3.74. The zero-order chi connectivity index (χ0) is 13.9. The fourth-order valence-corrected chi connectivity index (χ4v) is 2.99. The van der Waals surface area contributed by atoms with Gasteiger partial charge in [-0.25, -0.2) is 4.68 Å². The Morgan fingerprint density at radius 1 is 1.15 bits per heavy atom. The van der Waals surface area contributed by atoms with Crippen molar-refractivity contribution in [3.63, 3.8) is 0 Å². The van der Waals surface area contributed by atoms with Gasteiger partial charge in [-0.3, -0.25) is 0 Å². The molecule has 0 unspecified atom stereocenters. The van der Waals surface area contributed by atoms with Crippen molar-refractivity contribution in [2.75, 3.05) is 24.5 Å². The van der Waals surface area contributed by atoms with Crippen LogP contribution in [-0.4, -0.2) is 29.4 Å². The lowest BCUT2D eigenvalue weighted by atomic mass is 10.1. The molecule has 0 saturated carbocycles. The SMILES string of the molecule is Cc1nn(-c2ccccc2)c(N2CCCC2)c1CCN. The molecule has 4 nitrogen and oxygen atoms in total. The number of nitrogens with two attached hydrogens (primary N) is 1. The standard InChI is InChI=1S/C16H22N4/c1-13-15(9-10-17)16(19-11-5-6-12-19)20(18-13)14-7-3-2-4-8-14/h2-4,7-8H,5-6,9-12,17H2,1H3. The quantitative estimate of drug-likeness (QED) is 0.927. The first-order valence-electron chi connectivity index (χ1n) is 7.40. The fraction of sp³-hybridized carbons (Fsp3) is 0.438. The van der Waals surface area contributed by atoms with Crippen molar-refractivity contribution in [3.8, 4) is 5.69 Å². The van der Waals surface area contributed by atoms with Crippen molar-refractivity contribution >= 4 is 5.82 Å². The topological polar surface area (TPSA) is 47.1 Å². The van der Waals surface area contributed by atoms with Crippen molar-refractivity contribution in [1.29, 1.82) is 0 Å². The van der Waals surface area contributed by atoms with Crippen LogP contribution in [0.5, 0.6) is 0 Å². The Bertz CT molecular complexity index is 568. The number of aryl methyl sites for hydroxylation is 1. The van der Waals surface area contributed by atoms with Crippen molar-refractivity contribution in [2.45, 2.75) is 26.2 Å². The second-order valence-electron chi connectivity index (χ2n) is 5.37. The van der Waals surface area contributed by atoms with Gasteiger partial charge in [-0.1, -0.05) is 18.2 Å². The monoisotopic (exact) mass is 270 g/mol. The number of aromatic nitrogens is 2. The van der Waals surface area contributed by atoms with Crippen LogP contribution in [-0.2, 0) is 6.42 Å². The van der Waals surface area contributed by atoms with Crippen LogP contribution in [0.2, 0.25) is 0 Å². The van der Waals surface area contributed by atoms with Crippen molar-refractivity contribution in [3.05, 3.63) is 41.6 Å². The Labute approximate surface area is 120 Å². The highest BCUT2D eigenvalue weighted by molar-refractivity contribution is 5.56. The fourth-order valence-electron chi connectivity index (χ4n) is 2.99. The molecule has 2 N–H and O–H groups in total. The maximum Gasteiger partial charge on any atom is 0.135 e. The third-order valence-corrected chi connectivity index (χ3v) is 3.96. The van der Waals surface area contributed by atoms with Crippen molar-refractivity contribution in [1.82, 2.24) is 9.78 Å². The first kappa shape index (κ1) is 13.2. The molecule has 1 aliphatic heterocycles. The van der Waals surface area contributed by atoms with Gasteiger partial charge in [0.2, 0.25) is 0 Å². The number of para-hydroxylation sites is 1. The summed E-state index contributed by atoms with van der Waals surface area (Å²) in [6.07, 6.45) is 3.42. The number of anilines is 1. The molecular formula is C16H22N4. The minimum atomic E-state index is 0.669. The van der Waals surface area contributed by atoms with E-state index in [2.05, 4.69) is 40.8 Å². The Morgan fingerprint density at radius 2 is 1.85 bits per heavy atom. The molecular weight excluding hydrogens is 248 g/mol. The molecule has 20 heavy (non-hydrogen) atoms. The minimum Gasteiger partial charge on any atom is -0.356 e. The lowest BCUT2D eigenvalue weighted by Gasteiger charge is -2.21. The predicted octanol–water partition coefficient (Wildman–Crippen LogP) is 2.28. The molecule has 1 aromatic heterocycles. The molecule has 0 aliphatic carbocycles. The maximum atomic E-state index is 5.79. The molecule has 2 heterocycles. The molecule has 2 aromatic rings. The summed E-state index contributed by atoms with van der Waals surface area (Å²) < 4.78 is 2.09. The summed E-state index contributed by atoms with van der Waals surface area (Å²) in [6.45, 7) is 5.00. The summed E-state index contributed by atoms with van der Waals surface area (Å²) in [6, 6.07) is 10.4. The number of benzene rings is 1. The average molecular weight is 270 g/mol. The van der Waals surface area contributed by atoms with E-state index in [4.69, 9.17) is 10.8 Å². The van der Waals surface area contributed by atoms with E-state index in [1.807, 2.05) is 6.07 Å². The first-order chi connectivity index (χ1) is 9.81. The van der Waals surface area contributed by atoms with E-state index < -0.39 is 0 Å². The molecule has 0 radical (unpaired) electrons. The first-order valence-corrected chi connectivity index (χ1v) is 7.40. The molecule has 1 aliphatic rings. The van der Waals surface area contributed by atoms with Gasteiger partial charge in [0, 0.05) is 18.7 Å². The Balaban J connectivity index is 2.11. The van der Waals surface area contributed by atoms with Crippen LogP contribution < -0.4 is 10.6 Å². The largest absolute Gasteiger partial charge is 0.356 e. The predicted molar refractivity (Wildman–Crippen MR) is 82.5 cm³/mol. The third kappa shape index (κ3) is 2.31. The molecule has 0 atom stereocenters. The van der Waals surface area contributed by atoms with E-state index in [0.717, 1.165) is 30.9 Å². The highest BCUT2D eigenvalue weighted by Crippen LogP contribution is 2.30. The van der Waals surface area contributed by atoms with Crippen LogP contribution in [0.25, 0.3) is 5.69 Å². The van der Waals surface area contributed by atoms with Crippen LogP contribution in [0.3, 0.4) is 0 Å². The second kappa shape index (κ2) is 5.67. The smallest absolute Gasteiger partial charge is 0.135 e. The molecule has 1 saturated heterocycles. The lowest BCUT2D eigenvalue weighted by Crippen LogP contribution is -2.23. The van der Waals surface area contributed by atoms with Gasteiger partial charge in [0.05, 0.1) is 11.4 Å². The van der Waals surface area contributed by atoms with E-state index in [9.17, 15) is 0 Å². The number of hydrogen-bond acceptors (Lipinski definition) is 3. The van der Waals surface area contributed by atoms with E-state index in [1.54, 1.807) is 0 Å². The van der Waals surface area contributed by atoms with Gasteiger partial charge >= 0.3 is 0 Å². The zero-order valence-electron chi connectivity index (χ0n) is 12.0. The molecule has 106 valence electrons. The minimum absolute atomic E-state index is 0.669. The zero-order valence-corrected chi connectivity index (χ0v) is 12.0. The molecule has 1 aromatic carbocycles. The molecule has 3 rings (SSSR count). The summed E-state index contributed by atoms with van der Waals surface area (Å²) in [5.74, 6) is 1.25. The van der Waals surface area contributed by atoms with E-state index >= 15 is 0 Å². The maximum absolute atomic E-state index is 5.79. The highest BCUT2D eigenvalue weighted by atomic mass is 15.4. The summed E-state index contributed by atoms with van der Waals surface area (Å²) in [4.78, 5) is 2.46. The number of hydrogen-bond donors (Lipinski definition) is 1. The molecule has 1 fully saturated rings. The van der Waals surface area contributed by atoms with Crippen LogP contribution in [0.1, 0.15) is 24.1 Å². The Morgan fingerprint density at radius 3 is 2.50 bits per heavy atom. The number of nitrogens with zero attached hydrogens (tertiary/aromatic N) is 3. The summed E-state index contributed by atoms with van der Waals surface area (Å²) in [5.41, 5.74) is 9.32. The van der Waals surface area contributed by atoms with Gasteiger partial charge in [0.1, 0.15) is 5.82 Å². The van der Waals surface area contributed by atoms with E-state index in [0.29, 0.717) is 6.54 Å². The second-order valence-corrected chi connectivity index (χ2v) is 5.37. The van der Waals surface area contributed by atoms with Crippen LogP contribution in [0.4, 0.5) is 5.82 Å².